The van der Waals surface area contributed by atoms with Gasteiger partial charge in [0.1, 0.15) is 11.4 Å². The summed E-state index contributed by atoms with van der Waals surface area (Å²) in [6.45, 7) is 0. The van der Waals surface area contributed by atoms with Crippen molar-refractivity contribution < 1.29 is 14.6 Å². The van der Waals surface area contributed by atoms with Crippen LogP contribution in [0.15, 0.2) is 79.0 Å². The van der Waals surface area contributed by atoms with Crippen LogP contribution in [0.5, 0.6) is 5.75 Å². The molecule has 0 unspecified atom stereocenters. The van der Waals surface area contributed by atoms with Gasteiger partial charge in [0.2, 0.25) is 0 Å². The lowest BCUT2D eigenvalue weighted by molar-refractivity contribution is 0.0697. The molecule has 3 aromatic carbocycles. The Kier molecular flexibility index (Phi) is 4.60. The van der Waals surface area contributed by atoms with Gasteiger partial charge in [0.05, 0.1) is 24.6 Å². The number of aromatic nitrogens is 3. The van der Waals surface area contributed by atoms with Crippen molar-refractivity contribution in [2.75, 3.05) is 7.11 Å². The third-order valence-corrected chi connectivity index (χ3v) is 4.43. The predicted octanol–water partition coefficient (Wildman–Crippen LogP) is 4.31. The second-order valence-corrected chi connectivity index (χ2v) is 6.21. The lowest BCUT2D eigenvalue weighted by Crippen LogP contribution is -2.00. The highest BCUT2D eigenvalue weighted by molar-refractivity contribution is 5.88. The maximum absolute atomic E-state index is 11.1. The molecule has 0 saturated heterocycles. The molecule has 0 fully saturated rings. The third kappa shape index (κ3) is 3.48. The second kappa shape index (κ2) is 7.36. The fourth-order valence-corrected chi connectivity index (χ4v) is 2.94. The standard InChI is InChI=1S/C22H17N3O3/c1-28-20-7-3-4-17(13-20)15-8-10-16(11-9-15)21-14-25(24-23-21)19-6-2-5-18(12-19)22(26)27/h2-14H,1H3,(H,26,27). The number of hydrogen-bond donors (Lipinski definition) is 1. The fraction of sp³-hybridized carbons (Fsp3) is 0.0455. The Balaban J connectivity index is 1.60. The van der Waals surface area contributed by atoms with E-state index in [1.807, 2.05) is 48.5 Å². The van der Waals surface area contributed by atoms with Gasteiger partial charge in [-0.05, 0) is 41.5 Å². The van der Waals surface area contributed by atoms with Gasteiger partial charge in [-0.15, -0.1) is 5.10 Å². The molecule has 0 radical (unpaired) electrons. The van der Waals surface area contributed by atoms with Crippen LogP contribution in [0, 0.1) is 0 Å². The summed E-state index contributed by atoms with van der Waals surface area (Å²) in [6.07, 6.45) is 1.78. The number of carboxylic acids is 1. The number of hydrogen-bond acceptors (Lipinski definition) is 4. The molecule has 0 spiro atoms. The Morgan fingerprint density at radius 2 is 1.68 bits per heavy atom. The summed E-state index contributed by atoms with van der Waals surface area (Å²) in [7, 11) is 1.65. The molecule has 0 saturated carbocycles. The molecule has 1 N–H and O–H groups in total. The topological polar surface area (TPSA) is 77.2 Å². The Morgan fingerprint density at radius 3 is 2.43 bits per heavy atom. The Hall–Kier alpha value is -3.93. The van der Waals surface area contributed by atoms with Crippen LogP contribution in [0.4, 0.5) is 0 Å². The molecule has 28 heavy (non-hydrogen) atoms. The lowest BCUT2D eigenvalue weighted by Gasteiger charge is -2.05. The van der Waals surface area contributed by atoms with Crippen LogP contribution >= 0.6 is 0 Å². The van der Waals surface area contributed by atoms with Crippen molar-refractivity contribution in [3.05, 3.63) is 84.6 Å². The third-order valence-electron chi connectivity index (χ3n) is 4.43. The minimum Gasteiger partial charge on any atom is -0.497 e. The number of carboxylic acid groups (broad SMARTS) is 1. The molecular weight excluding hydrogens is 354 g/mol. The first kappa shape index (κ1) is 17.5. The molecule has 4 aromatic rings. The molecule has 0 amide bonds. The van der Waals surface area contributed by atoms with Gasteiger partial charge < -0.3 is 9.84 Å². The van der Waals surface area contributed by atoms with E-state index in [9.17, 15) is 4.79 Å². The molecular formula is C22H17N3O3. The predicted molar refractivity (Wildman–Crippen MR) is 106 cm³/mol. The number of carbonyl (C=O) groups is 1. The highest BCUT2D eigenvalue weighted by Gasteiger charge is 2.09. The van der Waals surface area contributed by atoms with Crippen LogP contribution in [0.3, 0.4) is 0 Å². The summed E-state index contributed by atoms with van der Waals surface area (Å²) in [4.78, 5) is 11.1. The molecule has 1 aromatic heterocycles. The molecule has 0 aliphatic carbocycles. The van der Waals surface area contributed by atoms with Crippen molar-refractivity contribution in [3.8, 4) is 33.8 Å². The smallest absolute Gasteiger partial charge is 0.335 e. The lowest BCUT2D eigenvalue weighted by atomic mass is 10.0. The maximum atomic E-state index is 11.1. The van der Waals surface area contributed by atoms with E-state index in [1.54, 1.807) is 42.3 Å². The molecule has 6 nitrogen and oxygen atoms in total. The molecule has 0 atom stereocenters. The van der Waals surface area contributed by atoms with E-state index in [2.05, 4.69) is 10.3 Å². The fourth-order valence-electron chi connectivity index (χ4n) is 2.94. The highest BCUT2D eigenvalue weighted by atomic mass is 16.5. The number of rotatable bonds is 5. The second-order valence-electron chi connectivity index (χ2n) is 6.21. The highest BCUT2D eigenvalue weighted by Crippen LogP contribution is 2.26. The molecule has 0 aliphatic rings. The van der Waals surface area contributed by atoms with Gasteiger partial charge in [-0.3, -0.25) is 0 Å². The van der Waals surface area contributed by atoms with Crippen molar-refractivity contribution in [2.45, 2.75) is 0 Å². The zero-order valence-electron chi connectivity index (χ0n) is 15.1. The van der Waals surface area contributed by atoms with Gasteiger partial charge in [0.15, 0.2) is 0 Å². The van der Waals surface area contributed by atoms with Gasteiger partial charge in [0.25, 0.3) is 0 Å². The number of nitrogens with zero attached hydrogens (tertiary/aromatic N) is 3. The normalized spacial score (nSPS) is 10.6. The van der Waals surface area contributed by atoms with E-state index < -0.39 is 5.97 Å². The molecule has 138 valence electrons. The minimum absolute atomic E-state index is 0.206. The van der Waals surface area contributed by atoms with Gasteiger partial charge in [-0.2, -0.15) is 0 Å². The first-order valence-corrected chi connectivity index (χ1v) is 8.65. The van der Waals surface area contributed by atoms with Crippen LogP contribution in [0.1, 0.15) is 10.4 Å². The van der Waals surface area contributed by atoms with E-state index >= 15 is 0 Å². The zero-order valence-corrected chi connectivity index (χ0v) is 15.1. The Bertz CT molecular complexity index is 1130. The summed E-state index contributed by atoms with van der Waals surface area (Å²) in [5.74, 6) is -0.163. The molecule has 6 heteroatoms. The Labute approximate surface area is 161 Å². The van der Waals surface area contributed by atoms with Crippen LogP contribution in [-0.4, -0.2) is 33.2 Å². The van der Waals surface area contributed by atoms with Crippen LogP contribution < -0.4 is 4.74 Å². The average Bonchev–Trinajstić information content (AvgIpc) is 3.24. The van der Waals surface area contributed by atoms with Gasteiger partial charge in [-0.1, -0.05) is 47.7 Å². The first-order chi connectivity index (χ1) is 13.6. The molecule has 4 rings (SSSR count). The quantitative estimate of drug-likeness (QED) is 0.566. The maximum Gasteiger partial charge on any atom is 0.335 e. The van der Waals surface area contributed by atoms with Crippen LogP contribution in [0.25, 0.3) is 28.1 Å². The minimum atomic E-state index is -0.977. The number of methoxy groups -OCH3 is 1. The van der Waals surface area contributed by atoms with Crippen LogP contribution in [0.2, 0.25) is 0 Å². The Morgan fingerprint density at radius 1 is 0.929 bits per heavy atom. The number of ether oxygens (including phenoxy) is 1. The van der Waals surface area contributed by atoms with Crippen molar-refractivity contribution in [2.24, 2.45) is 0 Å². The molecule has 1 heterocycles. The van der Waals surface area contributed by atoms with Gasteiger partial charge in [0, 0.05) is 5.56 Å². The molecule has 0 bridgehead atoms. The summed E-state index contributed by atoms with van der Waals surface area (Å²) >= 11 is 0. The van der Waals surface area contributed by atoms with Crippen molar-refractivity contribution in [3.63, 3.8) is 0 Å². The van der Waals surface area contributed by atoms with Crippen LogP contribution in [-0.2, 0) is 0 Å². The zero-order chi connectivity index (χ0) is 19.5. The summed E-state index contributed by atoms with van der Waals surface area (Å²) in [6, 6.07) is 22.5. The van der Waals surface area contributed by atoms with E-state index in [4.69, 9.17) is 9.84 Å². The van der Waals surface area contributed by atoms with E-state index in [0.29, 0.717) is 11.4 Å². The van der Waals surface area contributed by atoms with Gasteiger partial charge >= 0.3 is 5.97 Å². The average molecular weight is 371 g/mol. The largest absolute Gasteiger partial charge is 0.497 e. The van der Waals surface area contributed by atoms with E-state index in [0.717, 1.165) is 22.4 Å². The molecule has 0 aliphatic heterocycles. The van der Waals surface area contributed by atoms with E-state index in [1.165, 1.54) is 0 Å². The van der Waals surface area contributed by atoms with E-state index in [-0.39, 0.29) is 5.56 Å². The monoisotopic (exact) mass is 371 g/mol. The van der Waals surface area contributed by atoms with Crippen molar-refractivity contribution in [1.29, 1.82) is 0 Å². The number of benzene rings is 3. The number of aromatic carboxylic acids is 1. The first-order valence-electron chi connectivity index (χ1n) is 8.65. The summed E-state index contributed by atoms with van der Waals surface area (Å²) < 4.78 is 6.85. The van der Waals surface area contributed by atoms with Crippen molar-refractivity contribution >= 4 is 5.97 Å². The van der Waals surface area contributed by atoms with Crippen molar-refractivity contribution in [1.82, 2.24) is 15.0 Å². The SMILES string of the molecule is COc1cccc(-c2ccc(-c3cn(-c4cccc(C(=O)O)c4)nn3)cc2)c1. The van der Waals surface area contributed by atoms with Gasteiger partial charge in [-0.25, -0.2) is 9.48 Å². The summed E-state index contributed by atoms with van der Waals surface area (Å²) in [5.41, 5.74) is 4.62. The summed E-state index contributed by atoms with van der Waals surface area (Å²) in [5, 5.41) is 17.5.